The fraction of sp³-hybridized carbons (Fsp3) is 0.750. The molecule has 10 heavy (non-hydrogen) atoms. The molecular weight excluding hydrogens is 160 g/mol. The largest absolute Gasteiger partial charge is 0.361 e. The van der Waals surface area contributed by atoms with Crippen LogP contribution in [0.3, 0.4) is 0 Å². The summed E-state index contributed by atoms with van der Waals surface area (Å²) in [7, 11) is 0. The molecule has 0 aromatic heterocycles. The molecule has 1 aliphatic carbocycles. The van der Waals surface area contributed by atoms with E-state index < -0.39 is 0 Å². The Balaban J connectivity index is 0.000000500. The summed E-state index contributed by atoms with van der Waals surface area (Å²) in [4.78, 5) is 0. The van der Waals surface area contributed by atoms with Gasteiger partial charge in [0.2, 0.25) is 0 Å². The molecule has 1 fully saturated rings. The molecule has 54 valence electrons. The van der Waals surface area contributed by atoms with Crippen LogP contribution in [0.1, 0.15) is 20.3 Å². The zero-order valence-electron chi connectivity index (χ0n) is 6.42. The molecule has 0 N–H and O–H groups in total. The van der Waals surface area contributed by atoms with E-state index in [1.54, 1.807) is 0 Å². The van der Waals surface area contributed by atoms with Crippen LogP contribution in [0, 0.1) is 5.92 Å². The minimum absolute atomic E-state index is 0. The molecule has 2 heteroatoms. The number of epoxide rings is 1. The van der Waals surface area contributed by atoms with Gasteiger partial charge in [0.25, 0.3) is 0 Å². The van der Waals surface area contributed by atoms with Gasteiger partial charge in [-0.25, -0.2) is 0 Å². The molecule has 1 nitrogen and oxygen atoms in total. The van der Waals surface area contributed by atoms with E-state index in [0.717, 1.165) is 6.42 Å². The van der Waals surface area contributed by atoms with Crippen LogP contribution < -0.4 is 0 Å². The van der Waals surface area contributed by atoms with E-state index in [-0.39, 0.29) is 27.3 Å². The van der Waals surface area contributed by atoms with E-state index in [9.17, 15) is 0 Å². The molecule has 2 unspecified atom stereocenters. The summed E-state index contributed by atoms with van der Waals surface area (Å²) < 4.78 is 5.52. The van der Waals surface area contributed by atoms with Crippen LogP contribution in [0.15, 0.2) is 12.2 Å². The van der Waals surface area contributed by atoms with Gasteiger partial charge < -0.3 is 4.74 Å². The molecule has 2 rings (SSSR count). The SMILES string of the molecule is CC(C)C12CC=CC1O2.[Ti]. The number of ether oxygens (including phenoxy) is 1. The molecule has 0 bridgehead atoms. The minimum atomic E-state index is 0. The van der Waals surface area contributed by atoms with E-state index in [0.29, 0.717) is 12.0 Å². The average Bonchev–Trinajstić information content (AvgIpc) is 2.38. The van der Waals surface area contributed by atoms with Crippen molar-refractivity contribution in [3.05, 3.63) is 12.2 Å². The van der Waals surface area contributed by atoms with Gasteiger partial charge in [0.15, 0.2) is 0 Å². The van der Waals surface area contributed by atoms with Crippen LogP contribution in [0.5, 0.6) is 0 Å². The molecule has 0 radical (unpaired) electrons. The number of fused-ring (bicyclic) bond motifs is 1. The van der Waals surface area contributed by atoms with Crippen molar-refractivity contribution in [2.75, 3.05) is 0 Å². The van der Waals surface area contributed by atoms with Crippen molar-refractivity contribution < 1.29 is 26.5 Å². The molecule has 0 amide bonds. The molecule has 0 saturated carbocycles. The molecule has 2 atom stereocenters. The van der Waals surface area contributed by atoms with Crippen LogP contribution in [0.4, 0.5) is 0 Å². The Hall–Kier alpha value is 0.414. The first-order chi connectivity index (χ1) is 4.26. The fourth-order valence-corrected chi connectivity index (χ4v) is 1.64. The quantitative estimate of drug-likeness (QED) is 0.333. The van der Waals surface area contributed by atoms with Crippen LogP contribution in [-0.2, 0) is 26.5 Å². The van der Waals surface area contributed by atoms with Crippen LogP contribution in [0.25, 0.3) is 0 Å². The maximum Gasteiger partial charge on any atom is 0.106 e. The van der Waals surface area contributed by atoms with Crippen LogP contribution >= 0.6 is 0 Å². The average molecular weight is 172 g/mol. The van der Waals surface area contributed by atoms with Gasteiger partial charge in [-0.15, -0.1) is 0 Å². The third-order valence-electron chi connectivity index (χ3n) is 2.50. The van der Waals surface area contributed by atoms with E-state index in [2.05, 4.69) is 26.0 Å². The molecule has 1 aliphatic heterocycles. The third kappa shape index (κ3) is 0.921. The van der Waals surface area contributed by atoms with Crippen molar-refractivity contribution in [1.82, 2.24) is 0 Å². The molecule has 0 spiro atoms. The van der Waals surface area contributed by atoms with Crippen molar-refractivity contribution >= 4 is 0 Å². The topological polar surface area (TPSA) is 12.5 Å². The predicted octanol–water partition coefficient (Wildman–Crippen LogP) is 1.74. The van der Waals surface area contributed by atoms with Gasteiger partial charge >= 0.3 is 0 Å². The van der Waals surface area contributed by atoms with Gasteiger partial charge in [0, 0.05) is 21.7 Å². The molecule has 1 heterocycles. The summed E-state index contributed by atoms with van der Waals surface area (Å²) in [5.41, 5.74) is 0.250. The van der Waals surface area contributed by atoms with Gasteiger partial charge in [0.1, 0.15) is 11.7 Å². The number of hydrogen-bond acceptors (Lipinski definition) is 1. The summed E-state index contributed by atoms with van der Waals surface area (Å²) in [5.74, 6) is 0.678. The smallest absolute Gasteiger partial charge is 0.106 e. The number of hydrogen-bond donors (Lipinski definition) is 0. The fourth-order valence-electron chi connectivity index (χ4n) is 1.64. The summed E-state index contributed by atoms with van der Waals surface area (Å²) in [5, 5.41) is 0. The first kappa shape index (κ1) is 8.51. The molecule has 0 aromatic carbocycles. The second kappa shape index (κ2) is 2.47. The summed E-state index contributed by atoms with van der Waals surface area (Å²) >= 11 is 0. The van der Waals surface area contributed by atoms with Crippen LogP contribution in [0.2, 0.25) is 0 Å². The van der Waals surface area contributed by atoms with Crippen LogP contribution in [-0.4, -0.2) is 11.7 Å². The van der Waals surface area contributed by atoms with E-state index in [1.165, 1.54) is 0 Å². The van der Waals surface area contributed by atoms with Gasteiger partial charge in [-0.05, 0) is 12.3 Å². The van der Waals surface area contributed by atoms with E-state index >= 15 is 0 Å². The Labute approximate surface area is 76.7 Å². The second-order valence-corrected chi connectivity index (χ2v) is 3.28. The van der Waals surface area contributed by atoms with Crippen molar-refractivity contribution in [2.45, 2.75) is 32.0 Å². The normalized spacial score (nSPS) is 41.3. The van der Waals surface area contributed by atoms with E-state index in [1.807, 2.05) is 0 Å². The maximum absolute atomic E-state index is 5.52. The van der Waals surface area contributed by atoms with Crippen molar-refractivity contribution in [3.63, 3.8) is 0 Å². The second-order valence-electron chi connectivity index (χ2n) is 3.28. The summed E-state index contributed by atoms with van der Waals surface area (Å²) in [6, 6.07) is 0. The number of rotatable bonds is 1. The Kier molecular flexibility index (Phi) is 2.11. The van der Waals surface area contributed by atoms with Gasteiger partial charge in [0.05, 0.1) is 0 Å². The maximum atomic E-state index is 5.52. The van der Waals surface area contributed by atoms with Gasteiger partial charge in [-0.2, -0.15) is 0 Å². The first-order valence-electron chi connectivity index (χ1n) is 3.60. The molecular formula is C8H12OTi. The summed E-state index contributed by atoms with van der Waals surface area (Å²) in [6.07, 6.45) is 6.02. The molecule has 0 aromatic rings. The van der Waals surface area contributed by atoms with Crippen molar-refractivity contribution in [2.24, 2.45) is 5.92 Å². The molecule has 1 saturated heterocycles. The Bertz CT molecular complexity index is 165. The Morgan fingerprint density at radius 2 is 2.30 bits per heavy atom. The van der Waals surface area contributed by atoms with Gasteiger partial charge in [-0.1, -0.05) is 26.0 Å². The van der Waals surface area contributed by atoms with Crippen molar-refractivity contribution in [3.8, 4) is 0 Å². The molecule has 2 aliphatic rings. The first-order valence-corrected chi connectivity index (χ1v) is 3.60. The summed E-state index contributed by atoms with van der Waals surface area (Å²) in [6.45, 7) is 4.46. The Morgan fingerprint density at radius 1 is 1.60 bits per heavy atom. The monoisotopic (exact) mass is 172 g/mol. The standard InChI is InChI=1S/C8H12O.Ti/c1-6(2)8-5-3-4-7(8)9-8;/h3-4,6-7H,5H2,1-2H3;. The Morgan fingerprint density at radius 3 is 2.50 bits per heavy atom. The minimum Gasteiger partial charge on any atom is -0.361 e. The van der Waals surface area contributed by atoms with Crippen molar-refractivity contribution in [1.29, 1.82) is 0 Å². The third-order valence-corrected chi connectivity index (χ3v) is 2.50. The van der Waals surface area contributed by atoms with E-state index in [4.69, 9.17) is 4.74 Å². The zero-order chi connectivity index (χ0) is 6.48. The predicted molar refractivity (Wildman–Crippen MR) is 36.2 cm³/mol. The van der Waals surface area contributed by atoms with Gasteiger partial charge in [-0.3, -0.25) is 0 Å². The zero-order valence-corrected chi connectivity index (χ0v) is 7.99.